The maximum absolute atomic E-state index is 12.4. The highest BCUT2D eigenvalue weighted by Gasteiger charge is 2.15. The van der Waals surface area contributed by atoms with Crippen LogP contribution in [-0.2, 0) is 4.79 Å². The smallest absolute Gasteiger partial charge is 0.238 e. The van der Waals surface area contributed by atoms with E-state index in [2.05, 4.69) is 22.0 Å². The Morgan fingerprint density at radius 1 is 1.16 bits per heavy atom. The monoisotopic (exact) mass is 347 g/mol. The first-order chi connectivity index (χ1) is 12.2. The third-order valence-electron chi connectivity index (χ3n) is 4.82. The van der Waals surface area contributed by atoms with Crippen LogP contribution >= 0.6 is 0 Å². The Morgan fingerprint density at radius 2 is 1.92 bits per heavy atom. The molecule has 0 radical (unpaired) electrons. The Hall–Kier alpha value is -1.79. The van der Waals surface area contributed by atoms with Crippen LogP contribution in [0.1, 0.15) is 26.2 Å². The Bertz CT molecular complexity index is 573. The summed E-state index contributed by atoms with van der Waals surface area (Å²) in [5, 5.41) is 2.97. The minimum Gasteiger partial charge on any atom is -0.486 e. The molecule has 0 aliphatic carbocycles. The topological polar surface area (TPSA) is 54.0 Å². The standard InChI is InChI=1S/C19H29N3O3/c1-2-21(10-11-22-8-4-3-5-9-22)15-19(23)20-16-6-7-17-18(14-16)25-13-12-24-17/h6-7,14H,2-5,8-13,15H2,1H3,(H,20,23). The molecule has 1 aromatic rings. The minimum absolute atomic E-state index is 0.0113. The van der Waals surface area contributed by atoms with E-state index in [4.69, 9.17) is 9.47 Å². The van der Waals surface area contributed by atoms with Gasteiger partial charge in [0, 0.05) is 24.8 Å². The van der Waals surface area contributed by atoms with Gasteiger partial charge in [0.1, 0.15) is 13.2 Å². The van der Waals surface area contributed by atoms with Gasteiger partial charge in [-0.3, -0.25) is 9.69 Å². The van der Waals surface area contributed by atoms with Gasteiger partial charge in [-0.2, -0.15) is 0 Å². The van der Waals surface area contributed by atoms with Gasteiger partial charge in [-0.25, -0.2) is 0 Å². The molecule has 6 nitrogen and oxygen atoms in total. The molecule has 0 atom stereocenters. The number of likely N-dealkylation sites (tertiary alicyclic amines) is 1. The van der Waals surface area contributed by atoms with Crippen molar-refractivity contribution < 1.29 is 14.3 Å². The number of benzene rings is 1. The van der Waals surface area contributed by atoms with E-state index < -0.39 is 0 Å². The van der Waals surface area contributed by atoms with Crippen molar-refractivity contribution in [2.75, 3.05) is 57.8 Å². The summed E-state index contributed by atoms with van der Waals surface area (Å²) < 4.78 is 11.1. The number of carbonyl (C=O) groups is 1. The highest BCUT2D eigenvalue weighted by molar-refractivity contribution is 5.92. The molecule has 1 saturated heterocycles. The predicted octanol–water partition coefficient (Wildman–Crippen LogP) is 2.20. The summed E-state index contributed by atoms with van der Waals surface area (Å²) >= 11 is 0. The molecule has 6 heteroatoms. The SMILES string of the molecule is CCN(CCN1CCCCC1)CC(=O)Nc1ccc2c(c1)OCCO2. The van der Waals surface area contributed by atoms with Gasteiger partial charge in [0.2, 0.25) is 5.91 Å². The third-order valence-corrected chi connectivity index (χ3v) is 4.82. The molecule has 1 N–H and O–H groups in total. The van der Waals surface area contributed by atoms with Gasteiger partial charge in [0.15, 0.2) is 11.5 Å². The molecule has 0 saturated carbocycles. The van der Waals surface area contributed by atoms with Gasteiger partial charge in [-0.05, 0) is 44.6 Å². The lowest BCUT2D eigenvalue weighted by molar-refractivity contribution is -0.117. The fourth-order valence-corrected chi connectivity index (χ4v) is 3.34. The number of likely N-dealkylation sites (N-methyl/N-ethyl adjacent to an activating group) is 1. The van der Waals surface area contributed by atoms with E-state index in [1.165, 1.54) is 32.4 Å². The van der Waals surface area contributed by atoms with Gasteiger partial charge in [-0.1, -0.05) is 13.3 Å². The van der Waals surface area contributed by atoms with E-state index in [-0.39, 0.29) is 5.91 Å². The molecule has 1 aromatic carbocycles. The second-order valence-corrected chi connectivity index (χ2v) is 6.68. The normalized spacial score (nSPS) is 17.5. The van der Waals surface area contributed by atoms with Crippen LogP contribution in [0, 0.1) is 0 Å². The third kappa shape index (κ3) is 5.34. The van der Waals surface area contributed by atoms with Crippen LogP contribution in [0.3, 0.4) is 0 Å². The molecule has 0 unspecified atom stereocenters. The molecule has 138 valence electrons. The molecule has 3 rings (SSSR count). The Morgan fingerprint density at radius 3 is 2.68 bits per heavy atom. The average Bonchev–Trinajstić information content (AvgIpc) is 2.66. The van der Waals surface area contributed by atoms with Crippen molar-refractivity contribution in [3.8, 4) is 11.5 Å². The molecule has 0 aromatic heterocycles. The summed E-state index contributed by atoms with van der Waals surface area (Å²) in [7, 11) is 0. The molecule has 1 fully saturated rings. The van der Waals surface area contributed by atoms with E-state index in [0.29, 0.717) is 25.5 Å². The van der Waals surface area contributed by atoms with Crippen LogP contribution in [0.25, 0.3) is 0 Å². The number of nitrogens with one attached hydrogen (secondary N) is 1. The zero-order chi connectivity index (χ0) is 17.5. The zero-order valence-electron chi connectivity index (χ0n) is 15.1. The Labute approximate surface area is 150 Å². The number of rotatable bonds is 7. The van der Waals surface area contributed by atoms with Crippen molar-refractivity contribution in [3.63, 3.8) is 0 Å². The first kappa shape index (κ1) is 18.0. The van der Waals surface area contributed by atoms with Crippen molar-refractivity contribution in [1.29, 1.82) is 0 Å². The van der Waals surface area contributed by atoms with Crippen LogP contribution in [0.5, 0.6) is 11.5 Å². The molecular weight excluding hydrogens is 318 g/mol. The van der Waals surface area contributed by atoms with E-state index in [9.17, 15) is 4.79 Å². The van der Waals surface area contributed by atoms with E-state index in [1.807, 2.05) is 18.2 Å². The van der Waals surface area contributed by atoms with Crippen molar-refractivity contribution in [3.05, 3.63) is 18.2 Å². The highest BCUT2D eigenvalue weighted by atomic mass is 16.6. The van der Waals surface area contributed by atoms with Gasteiger partial charge in [0.05, 0.1) is 6.54 Å². The van der Waals surface area contributed by atoms with Crippen molar-refractivity contribution in [2.24, 2.45) is 0 Å². The molecule has 25 heavy (non-hydrogen) atoms. The van der Waals surface area contributed by atoms with Crippen LogP contribution in [0.4, 0.5) is 5.69 Å². The lowest BCUT2D eigenvalue weighted by Gasteiger charge is -2.29. The summed E-state index contributed by atoms with van der Waals surface area (Å²) in [4.78, 5) is 17.1. The maximum Gasteiger partial charge on any atom is 0.238 e. The molecule has 1 amide bonds. The summed E-state index contributed by atoms with van der Waals surface area (Å²) in [5.74, 6) is 1.44. The summed E-state index contributed by atoms with van der Waals surface area (Å²) in [5.41, 5.74) is 0.751. The zero-order valence-corrected chi connectivity index (χ0v) is 15.1. The number of carbonyl (C=O) groups excluding carboxylic acids is 1. The number of nitrogens with zero attached hydrogens (tertiary/aromatic N) is 2. The number of fused-ring (bicyclic) bond motifs is 1. The van der Waals surface area contributed by atoms with Crippen LogP contribution in [-0.4, -0.2) is 68.2 Å². The second-order valence-electron chi connectivity index (χ2n) is 6.68. The maximum atomic E-state index is 12.4. The average molecular weight is 347 g/mol. The molecule has 0 bridgehead atoms. The van der Waals surface area contributed by atoms with E-state index >= 15 is 0 Å². The summed E-state index contributed by atoms with van der Waals surface area (Å²) in [6.07, 6.45) is 3.96. The van der Waals surface area contributed by atoms with Gasteiger partial charge >= 0.3 is 0 Å². The van der Waals surface area contributed by atoms with Crippen molar-refractivity contribution in [2.45, 2.75) is 26.2 Å². The Balaban J connectivity index is 1.46. The lowest BCUT2D eigenvalue weighted by Crippen LogP contribution is -2.40. The molecule has 2 heterocycles. The number of piperidine rings is 1. The highest BCUT2D eigenvalue weighted by Crippen LogP contribution is 2.32. The fourth-order valence-electron chi connectivity index (χ4n) is 3.34. The number of ether oxygens (including phenoxy) is 2. The number of amides is 1. The summed E-state index contributed by atoms with van der Waals surface area (Å²) in [6.45, 7) is 8.89. The van der Waals surface area contributed by atoms with Crippen LogP contribution in [0.15, 0.2) is 18.2 Å². The van der Waals surface area contributed by atoms with Gasteiger partial charge in [0.25, 0.3) is 0 Å². The molecular formula is C19H29N3O3. The van der Waals surface area contributed by atoms with Crippen LogP contribution < -0.4 is 14.8 Å². The first-order valence-electron chi connectivity index (χ1n) is 9.39. The second kappa shape index (κ2) is 9.06. The molecule has 0 spiro atoms. The van der Waals surface area contributed by atoms with E-state index in [0.717, 1.165) is 31.1 Å². The van der Waals surface area contributed by atoms with Crippen molar-refractivity contribution in [1.82, 2.24) is 9.80 Å². The van der Waals surface area contributed by atoms with Crippen molar-refractivity contribution >= 4 is 11.6 Å². The minimum atomic E-state index is 0.0113. The predicted molar refractivity (Wildman–Crippen MR) is 98.5 cm³/mol. The lowest BCUT2D eigenvalue weighted by atomic mass is 10.1. The largest absolute Gasteiger partial charge is 0.486 e. The number of anilines is 1. The molecule has 2 aliphatic heterocycles. The Kier molecular flexibility index (Phi) is 6.53. The number of hydrogen-bond acceptors (Lipinski definition) is 5. The van der Waals surface area contributed by atoms with Gasteiger partial charge < -0.3 is 19.7 Å². The number of hydrogen-bond donors (Lipinski definition) is 1. The van der Waals surface area contributed by atoms with Crippen LogP contribution in [0.2, 0.25) is 0 Å². The molecule has 2 aliphatic rings. The quantitative estimate of drug-likeness (QED) is 0.819. The summed E-state index contributed by atoms with van der Waals surface area (Å²) in [6, 6.07) is 5.53. The first-order valence-corrected chi connectivity index (χ1v) is 9.39. The fraction of sp³-hybridized carbons (Fsp3) is 0.632. The van der Waals surface area contributed by atoms with E-state index in [1.54, 1.807) is 0 Å². The van der Waals surface area contributed by atoms with Gasteiger partial charge in [-0.15, -0.1) is 0 Å².